The molecular formula is C11H12ClNS. The van der Waals surface area contributed by atoms with E-state index in [0.29, 0.717) is 0 Å². The second-order valence-electron chi connectivity index (χ2n) is 4.35. The topological polar surface area (TPSA) is 12.9 Å². The summed E-state index contributed by atoms with van der Waals surface area (Å²) in [5.74, 6) is 0. The number of rotatable bonds is 0. The highest BCUT2D eigenvalue weighted by Gasteiger charge is 2.22. The van der Waals surface area contributed by atoms with Crippen LogP contribution in [0.1, 0.15) is 25.6 Å². The van der Waals surface area contributed by atoms with Gasteiger partial charge < -0.3 is 0 Å². The fourth-order valence-electron chi connectivity index (χ4n) is 1.39. The van der Waals surface area contributed by atoms with Crippen LogP contribution < -0.4 is 0 Å². The normalized spacial score (nSPS) is 12.3. The summed E-state index contributed by atoms with van der Waals surface area (Å²) in [6, 6.07) is 3.95. The average molecular weight is 226 g/mol. The predicted molar refractivity (Wildman–Crippen MR) is 63.3 cm³/mol. The van der Waals surface area contributed by atoms with Crippen molar-refractivity contribution < 1.29 is 0 Å². The first-order valence-corrected chi connectivity index (χ1v) is 5.73. The molecule has 0 unspecified atom stereocenters. The molecule has 0 amide bonds. The van der Waals surface area contributed by atoms with Gasteiger partial charge in [-0.15, -0.1) is 11.3 Å². The number of fused-ring (bicyclic) bond motifs is 1. The maximum Gasteiger partial charge on any atom is 0.125 e. The van der Waals surface area contributed by atoms with E-state index in [1.165, 1.54) is 4.88 Å². The van der Waals surface area contributed by atoms with Crippen molar-refractivity contribution in [2.24, 2.45) is 0 Å². The molecule has 0 spiro atoms. The summed E-state index contributed by atoms with van der Waals surface area (Å²) >= 11 is 8.00. The predicted octanol–water partition coefficient (Wildman–Crippen LogP) is 4.25. The highest BCUT2D eigenvalue weighted by atomic mass is 35.5. The summed E-state index contributed by atoms with van der Waals surface area (Å²) in [4.78, 5) is 6.56. The number of hydrogen-bond donors (Lipinski definition) is 0. The first-order chi connectivity index (χ1) is 6.50. The van der Waals surface area contributed by atoms with Gasteiger partial charge >= 0.3 is 0 Å². The zero-order chi connectivity index (χ0) is 10.3. The molecule has 0 radical (unpaired) electrons. The van der Waals surface area contributed by atoms with E-state index in [1.54, 1.807) is 11.3 Å². The Hall–Kier alpha value is -0.600. The minimum absolute atomic E-state index is 0.0997. The molecule has 3 heteroatoms. The van der Waals surface area contributed by atoms with Gasteiger partial charge in [-0.1, -0.05) is 32.4 Å². The van der Waals surface area contributed by atoms with E-state index in [9.17, 15) is 0 Å². The molecule has 2 heterocycles. The van der Waals surface area contributed by atoms with Crippen LogP contribution in [0, 0.1) is 0 Å². The summed E-state index contributed by atoms with van der Waals surface area (Å²) in [6.45, 7) is 6.51. The molecule has 0 bridgehead atoms. The Morgan fingerprint density at radius 3 is 2.64 bits per heavy atom. The van der Waals surface area contributed by atoms with Crippen molar-refractivity contribution in [2.75, 3.05) is 0 Å². The molecule has 0 N–H and O–H groups in total. The fourth-order valence-corrected chi connectivity index (χ4v) is 3.09. The molecule has 0 atom stereocenters. The van der Waals surface area contributed by atoms with Crippen LogP contribution in [-0.2, 0) is 5.41 Å². The summed E-state index contributed by atoms with van der Waals surface area (Å²) in [7, 11) is 0. The lowest BCUT2D eigenvalue weighted by Crippen LogP contribution is -2.08. The second-order valence-corrected chi connectivity index (χ2v) is 5.73. The smallest absolute Gasteiger partial charge is 0.125 e. The van der Waals surface area contributed by atoms with Gasteiger partial charge in [0, 0.05) is 16.5 Å². The van der Waals surface area contributed by atoms with Gasteiger partial charge in [0.05, 0.1) is 5.02 Å². The van der Waals surface area contributed by atoms with E-state index in [-0.39, 0.29) is 5.41 Å². The Labute approximate surface area is 92.7 Å². The van der Waals surface area contributed by atoms with E-state index in [4.69, 9.17) is 11.6 Å². The van der Waals surface area contributed by atoms with Gasteiger partial charge in [0.15, 0.2) is 0 Å². The largest absolute Gasteiger partial charge is 0.245 e. The van der Waals surface area contributed by atoms with Crippen LogP contribution in [0.25, 0.3) is 10.2 Å². The third-order valence-electron chi connectivity index (χ3n) is 2.09. The van der Waals surface area contributed by atoms with Crippen LogP contribution in [-0.4, -0.2) is 4.98 Å². The van der Waals surface area contributed by atoms with Gasteiger partial charge in [-0.3, -0.25) is 0 Å². The molecule has 0 saturated carbocycles. The summed E-state index contributed by atoms with van der Waals surface area (Å²) < 4.78 is 0. The number of nitrogens with zero attached hydrogens (tertiary/aromatic N) is 1. The molecule has 74 valence electrons. The quantitative estimate of drug-likeness (QED) is 0.653. The number of aromatic nitrogens is 1. The van der Waals surface area contributed by atoms with E-state index in [2.05, 4.69) is 25.8 Å². The van der Waals surface area contributed by atoms with Gasteiger partial charge in [-0.05, 0) is 17.5 Å². The Bertz CT molecular complexity index is 468. The zero-order valence-electron chi connectivity index (χ0n) is 8.47. The number of hydrogen-bond acceptors (Lipinski definition) is 2. The maximum atomic E-state index is 6.31. The maximum absolute atomic E-state index is 6.31. The van der Waals surface area contributed by atoms with Crippen LogP contribution in [0.4, 0.5) is 0 Å². The zero-order valence-corrected chi connectivity index (χ0v) is 10.0. The summed E-state index contributed by atoms with van der Waals surface area (Å²) in [5, 5.41) is 1.94. The molecule has 0 fully saturated rings. The van der Waals surface area contributed by atoms with Gasteiger partial charge in [-0.2, -0.15) is 0 Å². The second kappa shape index (κ2) is 3.21. The van der Waals surface area contributed by atoms with Gasteiger partial charge in [0.25, 0.3) is 0 Å². The van der Waals surface area contributed by atoms with Gasteiger partial charge in [-0.25, -0.2) is 4.98 Å². The van der Waals surface area contributed by atoms with Crippen molar-refractivity contribution in [3.05, 3.63) is 28.2 Å². The van der Waals surface area contributed by atoms with Crippen LogP contribution in [0.2, 0.25) is 5.02 Å². The standard InChI is InChI=1S/C11H12ClNS/c1-11(2,3)9-8(12)7-5-4-6-13-10(7)14-9/h4-6H,1-3H3. The number of halogens is 1. The fraction of sp³-hybridized carbons (Fsp3) is 0.364. The molecule has 0 aliphatic heterocycles. The van der Waals surface area contributed by atoms with E-state index < -0.39 is 0 Å². The number of thiophene rings is 1. The summed E-state index contributed by atoms with van der Waals surface area (Å²) in [5.41, 5.74) is 0.0997. The van der Waals surface area contributed by atoms with Crippen molar-refractivity contribution in [2.45, 2.75) is 26.2 Å². The molecular weight excluding hydrogens is 214 g/mol. The van der Waals surface area contributed by atoms with Crippen LogP contribution in [0.5, 0.6) is 0 Å². The molecule has 2 rings (SSSR count). The first kappa shape index (κ1) is 9.94. The van der Waals surface area contributed by atoms with Crippen molar-refractivity contribution in [3.8, 4) is 0 Å². The lowest BCUT2D eigenvalue weighted by Gasteiger charge is -2.16. The minimum Gasteiger partial charge on any atom is -0.245 e. The van der Waals surface area contributed by atoms with Crippen LogP contribution in [0.3, 0.4) is 0 Å². The third-order valence-corrected chi connectivity index (χ3v) is 4.13. The molecule has 0 aromatic carbocycles. The van der Waals surface area contributed by atoms with Crippen LogP contribution >= 0.6 is 22.9 Å². The minimum atomic E-state index is 0.0997. The molecule has 0 aliphatic rings. The Balaban J connectivity index is 2.75. The number of pyridine rings is 1. The Kier molecular flexibility index (Phi) is 2.28. The highest BCUT2D eigenvalue weighted by Crippen LogP contribution is 2.40. The third kappa shape index (κ3) is 1.53. The lowest BCUT2D eigenvalue weighted by molar-refractivity contribution is 0.604. The SMILES string of the molecule is CC(C)(C)c1sc2ncccc2c1Cl. The molecule has 0 saturated heterocycles. The molecule has 0 aliphatic carbocycles. The monoisotopic (exact) mass is 225 g/mol. The molecule has 14 heavy (non-hydrogen) atoms. The van der Waals surface area contributed by atoms with Crippen molar-refractivity contribution >= 4 is 33.2 Å². The van der Waals surface area contributed by atoms with Crippen LogP contribution in [0.15, 0.2) is 18.3 Å². The van der Waals surface area contributed by atoms with E-state index >= 15 is 0 Å². The molecule has 2 aromatic rings. The van der Waals surface area contributed by atoms with Crippen molar-refractivity contribution in [1.29, 1.82) is 0 Å². The first-order valence-electron chi connectivity index (χ1n) is 4.53. The summed E-state index contributed by atoms with van der Waals surface area (Å²) in [6.07, 6.45) is 1.81. The molecule has 2 aromatic heterocycles. The van der Waals surface area contributed by atoms with E-state index in [1.807, 2.05) is 18.3 Å². The molecule has 1 nitrogen and oxygen atoms in total. The average Bonchev–Trinajstić information content (AvgIpc) is 2.44. The van der Waals surface area contributed by atoms with E-state index in [0.717, 1.165) is 15.2 Å². The Morgan fingerprint density at radius 1 is 1.36 bits per heavy atom. The van der Waals surface area contributed by atoms with Gasteiger partial charge in [0.2, 0.25) is 0 Å². The van der Waals surface area contributed by atoms with Crippen molar-refractivity contribution in [1.82, 2.24) is 4.98 Å². The Morgan fingerprint density at radius 2 is 2.07 bits per heavy atom. The van der Waals surface area contributed by atoms with Gasteiger partial charge in [0.1, 0.15) is 4.83 Å². The van der Waals surface area contributed by atoms with Crippen molar-refractivity contribution in [3.63, 3.8) is 0 Å². The highest BCUT2D eigenvalue weighted by molar-refractivity contribution is 7.19. The lowest BCUT2D eigenvalue weighted by atomic mass is 9.94.